The number of carbonyl (C=O) groups is 2. The summed E-state index contributed by atoms with van der Waals surface area (Å²) in [6.07, 6.45) is 0.341. The molecule has 2 amide bonds. The lowest BCUT2D eigenvalue weighted by atomic mass is 10.2. The van der Waals surface area contributed by atoms with E-state index in [0.29, 0.717) is 17.9 Å². The molecule has 0 N–H and O–H groups in total. The molecule has 1 saturated heterocycles. The summed E-state index contributed by atoms with van der Waals surface area (Å²) in [6, 6.07) is 5.32. The van der Waals surface area contributed by atoms with Crippen molar-refractivity contribution in [2.75, 3.05) is 10.7 Å². The highest BCUT2D eigenvalue weighted by Gasteiger charge is 2.27. The van der Waals surface area contributed by atoms with Crippen LogP contribution in [-0.4, -0.2) is 16.9 Å². The SMILES string of the molecule is O=C1CCSC(=O)N1c1ccc(F)cc1. The Balaban J connectivity index is 2.31. The lowest BCUT2D eigenvalue weighted by Crippen LogP contribution is -2.38. The Kier molecular flexibility index (Phi) is 2.73. The maximum atomic E-state index is 12.7. The molecule has 2 rings (SSSR count). The first-order valence-corrected chi connectivity index (χ1v) is 5.42. The van der Waals surface area contributed by atoms with Gasteiger partial charge in [-0.2, -0.15) is 0 Å². The minimum absolute atomic E-state index is 0.231. The van der Waals surface area contributed by atoms with Gasteiger partial charge >= 0.3 is 0 Å². The Hall–Kier alpha value is -1.36. The summed E-state index contributed by atoms with van der Waals surface area (Å²) in [5.41, 5.74) is 0.429. The van der Waals surface area contributed by atoms with E-state index < -0.39 is 0 Å². The summed E-state index contributed by atoms with van der Waals surface area (Å²) in [5, 5.41) is -0.294. The molecule has 0 spiro atoms. The fraction of sp³-hybridized carbons (Fsp3) is 0.200. The Morgan fingerprint density at radius 2 is 1.87 bits per heavy atom. The van der Waals surface area contributed by atoms with E-state index in [0.717, 1.165) is 16.7 Å². The zero-order valence-electron chi connectivity index (χ0n) is 7.77. The van der Waals surface area contributed by atoms with Crippen molar-refractivity contribution in [3.05, 3.63) is 30.1 Å². The largest absolute Gasteiger partial charge is 0.292 e. The van der Waals surface area contributed by atoms with Crippen LogP contribution in [0.3, 0.4) is 0 Å². The number of anilines is 1. The second kappa shape index (κ2) is 4.02. The monoisotopic (exact) mass is 225 g/mol. The molecule has 1 heterocycles. The van der Waals surface area contributed by atoms with Gasteiger partial charge in [0.2, 0.25) is 5.91 Å². The molecular weight excluding hydrogens is 217 g/mol. The number of halogens is 1. The first kappa shape index (κ1) is 10.2. The van der Waals surface area contributed by atoms with Gasteiger partial charge in [0.1, 0.15) is 5.82 Å². The van der Waals surface area contributed by atoms with Crippen molar-refractivity contribution in [1.82, 2.24) is 0 Å². The van der Waals surface area contributed by atoms with Gasteiger partial charge < -0.3 is 0 Å². The molecule has 15 heavy (non-hydrogen) atoms. The van der Waals surface area contributed by atoms with E-state index in [1.807, 2.05) is 0 Å². The molecule has 1 fully saturated rings. The van der Waals surface area contributed by atoms with Crippen LogP contribution in [0.1, 0.15) is 6.42 Å². The summed E-state index contributed by atoms with van der Waals surface area (Å²) >= 11 is 1.10. The predicted octanol–water partition coefficient (Wildman–Crippen LogP) is 2.42. The number of nitrogens with zero attached hydrogens (tertiary/aromatic N) is 1. The van der Waals surface area contributed by atoms with Crippen molar-refractivity contribution in [2.45, 2.75) is 6.42 Å². The van der Waals surface area contributed by atoms with Crippen molar-refractivity contribution < 1.29 is 14.0 Å². The van der Waals surface area contributed by atoms with Gasteiger partial charge in [0.05, 0.1) is 5.69 Å². The van der Waals surface area contributed by atoms with Crippen molar-refractivity contribution in [3.63, 3.8) is 0 Å². The summed E-state index contributed by atoms with van der Waals surface area (Å²) in [6.45, 7) is 0. The van der Waals surface area contributed by atoms with Crippen LogP contribution in [-0.2, 0) is 4.79 Å². The molecule has 0 atom stereocenters. The molecule has 0 aliphatic carbocycles. The van der Waals surface area contributed by atoms with E-state index >= 15 is 0 Å². The van der Waals surface area contributed by atoms with E-state index in [1.165, 1.54) is 24.3 Å². The van der Waals surface area contributed by atoms with Crippen LogP contribution in [0.15, 0.2) is 24.3 Å². The zero-order valence-corrected chi connectivity index (χ0v) is 8.59. The number of hydrogen-bond acceptors (Lipinski definition) is 3. The van der Waals surface area contributed by atoms with Crippen LogP contribution in [0, 0.1) is 5.82 Å². The summed E-state index contributed by atoms with van der Waals surface area (Å²) in [5.74, 6) is -0.0938. The van der Waals surface area contributed by atoms with Gasteiger partial charge in [-0.1, -0.05) is 11.8 Å². The lowest BCUT2D eigenvalue weighted by molar-refractivity contribution is -0.117. The van der Waals surface area contributed by atoms with E-state index in [9.17, 15) is 14.0 Å². The van der Waals surface area contributed by atoms with Crippen molar-refractivity contribution in [1.29, 1.82) is 0 Å². The second-order valence-electron chi connectivity index (χ2n) is 3.07. The fourth-order valence-electron chi connectivity index (χ4n) is 1.34. The van der Waals surface area contributed by atoms with Crippen LogP contribution in [0.5, 0.6) is 0 Å². The third-order valence-electron chi connectivity index (χ3n) is 2.06. The molecule has 0 aromatic heterocycles. The first-order valence-electron chi connectivity index (χ1n) is 4.44. The normalized spacial score (nSPS) is 17.0. The first-order chi connectivity index (χ1) is 7.18. The molecule has 0 unspecified atom stereocenters. The van der Waals surface area contributed by atoms with Gasteiger partial charge in [0.15, 0.2) is 0 Å². The molecule has 0 radical (unpaired) electrons. The van der Waals surface area contributed by atoms with Crippen molar-refractivity contribution in [3.8, 4) is 0 Å². The maximum absolute atomic E-state index is 12.7. The second-order valence-corrected chi connectivity index (χ2v) is 4.12. The standard InChI is InChI=1S/C10H8FNO2S/c11-7-1-3-8(4-2-7)12-9(13)5-6-15-10(12)14/h1-4H,5-6H2. The van der Waals surface area contributed by atoms with Crippen LogP contribution in [0.4, 0.5) is 14.9 Å². The lowest BCUT2D eigenvalue weighted by Gasteiger charge is -2.23. The van der Waals surface area contributed by atoms with Crippen molar-refractivity contribution >= 4 is 28.6 Å². The smallest absolute Gasteiger partial charge is 0.274 e. The number of imide groups is 1. The van der Waals surface area contributed by atoms with Crippen LogP contribution in [0.25, 0.3) is 0 Å². The number of thioether (sulfide) groups is 1. The van der Waals surface area contributed by atoms with E-state index in [2.05, 4.69) is 0 Å². The molecule has 1 aliphatic rings. The number of rotatable bonds is 1. The summed E-state index contributed by atoms with van der Waals surface area (Å²) < 4.78 is 12.7. The fourth-order valence-corrected chi connectivity index (χ4v) is 2.13. The number of carbonyl (C=O) groups excluding carboxylic acids is 2. The average Bonchev–Trinajstić information content (AvgIpc) is 2.20. The minimum Gasteiger partial charge on any atom is -0.274 e. The van der Waals surface area contributed by atoms with Crippen molar-refractivity contribution in [2.24, 2.45) is 0 Å². The Morgan fingerprint density at radius 3 is 2.47 bits per heavy atom. The average molecular weight is 225 g/mol. The van der Waals surface area contributed by atoms with Gasteiger partial charge in [-0.25, -0.2) is 9.29 Å². The zero-order chi connectivity index (χ0) is 10.8. The number of amides is 2. The van der Waals surface area contributed by atoms with E-state index in [1.54, 1.807) is 0 Å². The maximum Gasteiger partial charge on any atom is 0.292 e. The van der Waals surface area contributed by atoms with Gasteiger partial charge in [-0.3, -0.25) is 9.59 Å². The molecule has 1 aromatic carbocycles. The highest BCUT2D eigenvalue weighted by molar-refractivity contribution is 8.14. The number of hydrogen-bond donors (Lipinski definition) is 0. The Morgan fingerprint density at radius 1 is 1.20 bits per heavy atom. The third-order valence-corrected chi connectivity index (χ3v) is 2.90. The molecule has 3 nitrogen and oxygen atoms in total. The molecule has 0 saturated carbocycles. The molecule has 1 aliphatic heterocycles. The van der Waals surface area contributed by atoms with Crippen LogP contribution < -0.4 is 4.90 Å². The molecule has 5 heteroatoms. The summed E-state index contributed by atoms with van der Waals surface area (Å²) in [4.78, 5) is 24.0. The Labute approximate surface area is 90.3 Å². The molecular formula is C10H8FNO2S. The highest BCUT2D eigenvalue weighted by Crippen LogP contribution is 2.25. The predicted molar refractivity (Wildman–Crippen MR) is 56.4 cm³/mol. The molecule has 0 bridgehead atoms. The van der Waals surface area contributed by atoms with Gasteiger partial charge in [0.25, 0.3) is 5.24 Å². The third kappa shape index (κ3) is 2.02. The number of benzene rings is 1. The van der Waals surface area contributed by atoms with E-state index in [-0.39, 0.29) is 17.0 Å². The van der Waals surface area contributed by atoms with E-state index in [4.69, 9.17) is 0 Å². The molecule has 1 aromatic rings. The van der Waals surface area contributed by atoms with Gasteiger partial charge in [-0.15, -0.1) is 0 Å². The van der Waals surface area contributed by atoms with Gasteiger partial charge in [-0.05, 0) is 24.3 Å². The molecule has 78 valence electrons. The Bertz CT molecular complexity index is 388. The topological polar surface area (TPSA) is 37.4 Å². The quantitative estimate of drug-likeness (QED) is 0.736. The minimum atomic E-state index is -0.386. The van der Waals surface area contributed by atoms with Crippen LogP contribution in [0.2, 0.25) is 0 Å². The summed E-state index contributed by atoms with van der Waals surface area (Å²) in [7, 11) is 0. The van der Waals surface area contributed by atoms with Gasteiger partial charge in [0, 0.05) is 12.2 Å². The van der Waals surface area contributed by atoms with Crippen LogP contribution >= 0.6 is 11.8 Å². The highest BCUT2D eigenvalue weighted by atomic mass is 32.2.